The minimum absolute atomic E-state index is 0.0176. The summed E-state index contributed by atoms with van der Waals surface area (Å²) in [6.07, 6.45) is 6.50. The van der Waals surface area contributed by atoms with Crippen LogP contribution in [0.3, 0.4) is 0 Å². The van der Waals surface area contributed by atoms with Gasteiger partial charge in [0.1, 0.15) is 5.75 Å². The van der Waals surface area contributed by atoms with E-state index >= 15 is 0 Å². The standard InChI is InChI=1S/C17H22O4/c1-3-4-5-6-7-8-16(20)14-9-10-17(21-13(2)19)15(11-14)12-18/h9-12H,3-8H2,1-2H3. The third kappa shape index (κ3) is 5.90. The Hall–Kier alpha value is -1.97. The van der Waals surface area contributed by atoms with Gasteiger partial charge in [-0.25, -0.2) is 0 Å². The lowest BCUT2D eigenvalue weighted by molar-refractivity contribution is -0.131. The van der Waals surface area contributed by atoms with Crippen LogP contribution in [0, 0.1) is 0 Å². The van der Waals surface area contributed by atoms with Gasteiger partial charge < -0.3 is 4.74 Å². The highest BCUT2D eigenvalue weighted by Crippen LogP contribution is 2.20. The van der Waals surface area contributed by atoms with E-state index in [4.69, 9.17) is 4.74 Å². The lowest BCUT2D eigenvalue weighted by Crippen LogP contribution is -2.06. The second-order valence-corrected chi connectivity index (χ2v) is 5.05. The first-order valence-electron chi connectivity index (χ1n) is 7.39. The summed E-state index contributed by atoms with van der Waals surface area (Å²) in [4.78, 5) is 34.0. The summed E-state index contributed by atoms with van der Waals surface area (Å²) in [7, 11) is 0. The Morgan fingerprint density at radius 1 is 1.14 bits per heavy atom. The van der Waals surface area contributed by atoms with E-state index in [1.807, 2.05) is 0 Å². The Bertz CT molecular complexity index is 506. The summed E-state index contributed by atoms with van der Waals surface area (Å²) in [5.41, 5.74) is 0.713. The Balaban J connectivity index is 2.64. The Morgan fingerprint density at radius 3 is 2.48 bits per heavy atom. The predicted molar refractivity (Wildman–Crippen MR) is 80.8 cm³/mol. The molecule has 0 bridgehead atoms. The van der Waals surface area contributed by atoms with Crippen molar-refractivity contribution in [3.05, 3.63) is 29.3 Å². The maximum Gasteiger partial charge on any atom is 0.308 e. The number of carbonyl (C=O) groups excluding carboxylic acids is 3. The lowest BCUT2D eigenvalue weighted by Gasteiger charge is -2.07. The molecule has 4 heteroatoms. The molecule has 0 fully saturated rings. The van der Waals surface area contributed by atoms with Crippen LogP contribution in [-0.4, -0.2) is 18.0 Å². The van der Waals surface area contributed by atoms with Gasteiger partial charge in [-0.2, -0.15) is 0 Å². The molecule has 4 nitrogen and oxygen atoms in total. The highest BCUT2D eigenvalue weighted by Gasteiger charge is 2.11. The van der Waals surface area contributed by atoms with Gasteiger partial charge in [0.2, 0.25) is 0 Å². The number of ketones is 1. The van der Waals surface area contributed by atoms with Gasteiger partial charge in [0.05, 0.1) is 5.56 Å². The van der Waals surface area contributed by atoms with E-state index in [-0.39, 0.29) is 17.1 Å². The van der Waals surface area contributed by atoms with Crippen molar-refractivity contribution in [1.29, 1.82) is 0 Å². The number of unbranched alkanes of at least 4 members (excludes halogenated alkanes) is 4. The zero-order valence-corrected chi connectivity index (χ0v) is 12.7. The van der Waals surface area contributed by atoms with Crippen molar-refractivity contribution in [1.82, 2.24) is 0 Å². The van der Waals surface area contributed by atoms with Crippen molar-refractivity contribution < 1.29 is 19.1 Å². The van der Waals surface area contributed by atoms with E-state index in [1.54, 1.807) is 6.07 Å². The van der Waals surface area contributed by atoms with Gasteiger partial charge >= 0.3 is 5.97 Å². The highest BCUT2D eigenvalue weighted by atomic mass is 16.5. The second-order valence-electron chi connectivity index (χ2n) is 5.05. The molecule has 1 rings (SSSR count). The molecule has 0 unspecified atom stereocenters. The fourth-order valence-corrected chi connectivity index (χ4v) is 2.10. The van der Waals surface area contributed by atoms with Crippen LogP contribution < -0.4 is 4.74 Å². The number of hydrogen-bond acceptors (Lipinski definition) is 4. The fraction of sp³-hybridized carbons (Fsp3) is 0.471. The number of aldehydes is 1. The van der Waals surface area contributed by atoms with Crippen LogP contribution in [0.25, 0.3) is 0 Å². The van der Waals surface area contributed by atoms with Crippen molar-refractivity contribution in [2.45, 2.75) is 52.4 Å². The van der Waals surface area contributed by atoms with Crippen molar-refractivity contribution in [2.75, 3.05) is 0 Å². The average molecular weight is 290 g/mol. The second kappa shape index (κ2) is 9.06. The van der Waals surface area contributed by atoms with Gasteiger partial charge in [0.25, 0.3) is 0 Å². The van der Waals surface area contributed by atoms with Crippen LogP contribution in [0.2, 0.25) is 0 Å². The minimum atomic E-state index is -0.492. The summed E-state index contributed by atoms with van der Waals surface area (Å²) in [6, 6.07) is 4.58. The zero-order valence-electron chi connectivity index (χ0n) is 12.7. The molecule has 21 heavy (non-hydrogen) atoms. The lowest BCUT2D eigenvalue weighted by atomic mass is 10.0. The van der Waals surface area contributed by atoms with E-state index in [0.29, 0.717) is 18.3 Å². The van der Waals surface area contributed by atoms with Gasteiger partial charge in [-0.3, -0.25) is 14.4 Å². The first-order chi connectivity index (χ1) is 10.1. The number of carbonyl (C=O) groups is 3. The third-order valence-electron chi connectivity index (χ3n) is 3.22. The summed E-state index contributed by atoms with van der Waals surface area (Å²) in [6.45, 7) is 3.42. The molecule has 114 valence electrons. The molecular formula is C17H22O4. The Morgan fingerprint density at radius 2 is 1.86 bits per heavy atom. The van der Waals surface area contributed by atoms with Gasteiger partial charge in [-0.15, -0.1) is 0 Å². The highest BCUT2D eigenvalue weighted by molar-refractivity contribution is 5.98. The van der Waals surface area contributed by atoms with Crippen molar-refractivity contribution in [3.8, 4) is 5.75 Å². The molecule has 0 aromatic heterocycles. The number of Topliss-reactive ketones (excluding diaryl/α,β-unsaturated/α-hetero) is 1. The molecule has 0 aliphatic heterocycles. The van der Waals surface area contributed by atoms with Crippen molar-refractivity contribution in [2.24, 2.45) is 0 Å². The Labute approximate surface area is 125 Å². The minimum Gasteiger partial charge on any atom is -0.426 e. The third-order valence-corrected chi connectivity index (χ3v) is 3.22. The molecule has 0 amide bonds. The zero-order chi connectivity index (χ0) is 15.7. The number of rotatable bonds is 9. The average Bonchev–Trinajstić information content (AvgIpc) is 2.46. The molecule has 0 N–H and O–H groups in total. The molecule has 1 aromatic carbocycles. The maximum absolute atomic E-state index is 12.1. The maximum atomic E-state index is 12.1. The first kappa shape index (κ1) is 17.1. The fourth-order valence-electron chi connectivity index (χ4n) is 2.10. The van der Waals surface area contributed by atoms with Crippen molar-refractivity contribution in [3.63, 3.8) is 0 Å². The molecule has 1 aromatic rings. The van der Waals surface area contributed by atoms with Gasteiger partial charge in [-0.05, 0) is 24.6 Å². The summed E-state index contributed by atoms with van der Waals surface area (Å²) < 4.78 is 4.91. The van der Waals surface area contributed by atoms with Crippen molar-refractivity contribution >= 4 is 18.0 Å². The number of benzene rings is 1. The predicted octanol–water partition coefficient (Wildman–Crippen LogP) is 3.97. The van der Waals surface area contributed by atoms with E-state index in [1.165, 1.54) is 31.9 Å². The first-order valence-corrected chi connectivity index (χ1v) is 7.39. The van der Waals surface area contributed by atoms with E-state index in [9.17, 15) is 14.4 Å². The molecule has 0 saturated carbocycles. The van der Waals surface area contributed by atoms with Gasteiger partial charge in [0, 0.05) is 18.9 Å². The van der Waals surface area contributed by atoms with Crippen LogP contribution >= 0.6 is 0 Å². The normalized spacial score (nSPS) is 10.2. The smallest absolute Gasteiger partial charge is 0.308 e. The van der Waals surface area contributed by atoms with Crippen LogP contribution in [-0.2, 0) is 4.79 Å². The SMILES string of the molecule is CCCCCCCC(=O)c1ccc(OC(C)=O)c(C=O)c1. The molecule has 0 atom stereocenters. The molecule has 0 saturated heterocycles. The summed E-state index contributed by atoms with van der Waals surface area (Å²) in [5.74, 6) is -0.283. The summed E-state index contributed by atoms with van der Waals surface area (Å²) >= 11 is 0. The van der Waals surface area contributed by atoms with Gasteiger partial charge in [0.15, 0.2) is 12.1 Å². The van der Waals surface area contributed by atoms with Crippen LogP contribution in [0.15, 0.2) is 18.2 Å². The number of hydrogen-bond donors (Lipinski definition) is 0. The topological polar surface area (TPSA) is 60.4 Å². The van der Waals surface area contributed by atoms with Crippen LogP contribution in [0.1, 0.15) is 73.1 Å². The molecular weight excluding hydrogens is 268 g/mol. The largest absolute Gasteiger partial charge is 0.426 e. The molecule has 0 heterocycles. The number of esters is 1. The monoisotopic (exact) mass is 290 g/mol. The Kier molecular flexibility index (Phi) is 7.37. The molecule has 0 radical (unpaired) electrons. The number of ether oxygens (including phenoxy) is 1. The molecule has 0 aliphatic rings. The van der Waals surface area contributed by atoms with E-state index < -0.39 is 5.97 Å². The van der Waals surface area contributed by atoms with E-state index in [0.717, 1.165) is 19.3 Å². The molecule has 0 spiro atoms. The van der Waals surface area contributed by atoms with Gasteiger partial charge in [-0.1, -0.05) is 32.6 Å². The molecule has 0 aliphatic carbocycles. The van der Waals surface area contributed by atoms with E-state index in [2.05, 4.69) is 6.92 Å². The van der Waals surface area contributed by atoms with Crippen LogP contribution in [0.5, 0.6) is 5.75 Å². The van der Waals surface area contributed by atoms with Crippen LogP contribution in [0.4, 0.5) is 0 Å². The quantitative estimate of drug-likeness (QED) is 0.227. The summed E-state index contributed by atoms with van der Waals surface area (Å²) in [5, 5.41) is 0.